The number of sulfonamides is 2. The summed E-state index contributed by atoms with van der Waals surface area (Å²) in [5, 5.41) is 0. The van der Waals surface area contributed by atoms with Crippen LogP contribution in [-0.4, -0.2) is 47.9 Å². The third-order valence-corrected chi connectivity index (χ3v) is 7.64. The first-order valence-corrected chi connectivity index (χ1v) is 12.1. The molecule has 0 bridgehead atoms. The SMILES string of the molecule is CCOc1ccc(S(=O)(=O)N(CC)CC)cc1NS(=O)(=O)c1ccc(OC)cc1. The molecule has 0 saturated heterocycles. The zero-order chi connectivity index (χ0) is 21.7. The summed E-state index contributed by atoms with van der Waals surface area (Å²) in [5.41, 5.74) is 0.0518. The van der Waals surface area contributed by atoms with Crippen molar-refractivity contribution in [3.8, 4) is 11.5 Å². The van der Waals surface area contributed by atoms with Gasteiger partial charge in [0.2, 0.25) is 10.0 Å². The van der Waals surface area contributed by atoms with Gasteiger partial charge in [-0.05, 0) is 49.4 Å². The van der Waals surface area contributed by atoms with Gasteiger partial charge in [0.1, 0.15) is 11.5 Å². The molecule has 0 unspecified atom stereocenters. The monoisotopic (exact) mass is 442 g/mol. The van der Waals surface area contributed by atoms with Gasteiger partial charge in [-0.1, -0.05) is 13.8 Å². The van der Waals surface area contributed by atoms with Gasteiger partial charge in [-0.15, -0.1) is 0 Å². The average molecular weight is 443 g/mol. The summed E-state index contributed by atoms with van der Waals surface area (Å²) >= 11 is 0. The second-order valence-electron chi connectivity index (χ2n) is 5.96. The lowest BCUT2D eigenvalue weighted by Gasteiger charge is -2.20. The van der Waals surface area contributed by atoms with Crippen LogP contribution in [-0.2, 0) is 20.0 Å². The third kappa shape index (κ3) is 5.20. The van der Waals surface area contributed by atoms with Crippen molar-refractivity contribution in [3.63, 3.8) is 0 Å². The molecule has 10 heteroatoms. The second-order valence-corrected chi connectivity index (χ2v) is 9.58. The summed E-state index contributed by atoms with van der Waals surface area (Å²) in [6.45, 7) is 6.13. The van der Waals surface area contributed by atoms with Crippen LogP contribution < -0.4 is 14.2 Å². The van der Waals surface area contributed by atoms with Gasteiger partial charge in [-0.3, -0.25) is 4.72 Å². The zero-order valence-corrected chi connectivity index (χ0v) is 18.5. The molecule has 0 atom stereocenters. The number of benzene rings is 2. The molecule has 0 aliphatic heterocycles. The highest BCUT2D eigenvalue weighted by Crippen LogP contribution is 2.31. The Kier molecular flexibility index (Phi) is 7.50. The summed E-state index contributed by atoms with van der Waals surface area (Å²) in [4.78, 5) is -0.00478. The molecule has 2 aromatic rings. The third-order valence-electron chi connectivity index (χ3n) is 4.21. The lowest BCUT2D eigenvalue weighted by Crippen LogP contribution is -2.30. The number of nitrogens with zero attached hydrogens (tertiary/aromatic N) is 1. The van der Waals surface area contributed by atoms with E-state index in [1.54, 1.807) is 20.8 Å². The molecule has 0 radical (unpaired) electrons. The van der Waals surface area contributed by atoms with Crippen molar-refractivity contribution in [2.75, 3.05) is 31.5 Å². The Morgan fingerprint density at radius 1 is 0.897 bits per heavy atom. The number of hydrogen-bond acceptors (Lipinski definition) is 6. The minimum Gasteiger partial charge on any atom is -0.497 e. The van der Waals surface area contributed by atoms with Crippen LogP contribution in [0, 0.1) is 0 Å². The number of hydrogen-bond donors (Lipinski definition) is 1. The Morgan fingerprint density at radius 3 is 2.00 bits per heavy atom. The molecule has 0 aromatic heterocycles. The summed E-state index contributed by atoms with van der Waals surface area (Å²) in [6, 6.07) is 9.99. The fourth-order valence-electron chi connectivity index (χ4n) is 2.70. The van der Waals surface area contributed by atoms with E-state index < -0.39 is 20.0 Å². The van der Waals surface area contributed by atoms with Crippen LogP contribution in [0.5, 0.6) is 11.5 Å². The van der Waals surface area contributed by atoms with Crippen molar-refractivity contribution in [1.82, 2.24) is 4.31 Å². The molecule has 0 fully saturated rings. The normalized spacial score (nSPS) is 12.0. The number of rotatable bonds is 10. The zero-order valence-electron chi connectivity index (χ0n) is 16.9. The Labute approximate surface area is 172 Å². The van der Waals surface area contributed by atoms with Crippen LogP contribution in [0.25, 0.3) is 0 Å². The predicted molar refractivity (Wildman–Crippen MR) is 112 cm³/mol. The Bertz CT molecular complexity index is 1030. The minimum atomic E-state index is -3.97. The van der Waals surface area contributed by atoms with Crippen molar-refractivity contribution in [3.05, 3.63) is 42.5 Å². The number of nitrogens with one attached hydrogen (secondary N) is 1. The molecular formula is C19H26N2O6S2. The van der Waals surface area contributed by atoms with E-state index in [0.29, 0.717) is 25.4 Å². The molecule has 0 amide bonds. The van der Waals surface area contributed by atoms with Gasteiger partial charge in [0.05, 0.1) is 29.2 Å². The van der Waals surface area contributed by atoms with Crippen LogP contribution >= 0.6 is 0 Å². The second kappa shape index (κ2) is 9.47. The van der Waals surface area contributed by atoms with Gasteiger partial charge in [-0.25, -0.2) is 16.8 Å². The number of anilines is 1. The van der Waals surface area contributed by atoms with E-state index in [1.807, 2.05) is 0 Å². The van der Waals surface area contributed by atoms with Crippen molar-refractivity contribution in [2.45, 2.75) is 30.6 Å². The van der Waals surface area contributed by atoms with E-state index in [-0.39, 0.29) is 21.2 Å². The van der Waals surface area contributed by atoms with Crippen LogP contribution in [0.3, 0.4) is 0 Å². The topological polar surface area (TPSA) is 102 Å². The van der Waals surface area contributed by atoms with Crippen molar-refractivity contribution in [2.24, 2.45) is 0 Å². The fraction of sp³-hybridized carbons (Fsp3) is 0.368. The summed E-state index contributed by atoms with van der Waals surface area (Å²) in [5.74, 6) is 0.759. The van der Waals surface area contributed by atoms with Crippen LogP contribution in [0.2, 0.25) is 0 Å². The smallest absolute Gasteiger partial charge is 0.262 e. The Hall–Kier alpha value is -2.30. The van der Waals surface area contributed by atoms with E-state index in [0.717, 1.165) is 0 Å². The van der Waals surface area contributed by atoms with Crippen LogP contribution in [0.1, 0.15) is 20.8 Å². The van der Waals surface area contributed by atoms with E-state index in [9.17, 15) is 16.8 Å². The molecule has 2 rings (SSSR count). The highest BCUT2D eigenvalue weighted by atomic mass is 32.2. The van der Waals surface area contributed by atoms with Crippen molar-refractivity contribution < 1.29 is 26.3 Å². The first-order valence-electron chi connectivity index (χ1n) is 9.13. The molecule has 29 heavy (non-hydrogen) atoms. The molecule has 0 spiro atoms. The maximum atomic E-state index is 12.8. The highest BCUT2D eigenvalue weighted by Gasteiger charge is 2.24. The van der Waals surface area contributed by atoms with E-state index in [2.05, 4.69) is 4.72 Å². The highest BCUT2D eigenvalue weighted by molar-refractivity contribution is 7.92. The lowest BCUT2D eigenvalue weighted by atomic mass is 10.3. The van der Waals surface area contributed by atoms with E-state index in [1.165, 1.54) is 53.9 Å². The van der Waals surface area contributed by atoms with Crippen LogP contribution in [0.4, 0.5) is 5.69 Å². The van der Waals surface area contributed by atoms with Crippen molar-refractivity contribution >= 4 is 25.7 Å². The molecule has 0 aliphatic carbocycles. The van der Waals surface area contributed by atoms with Gasteiger partial charge < -0.3 is 9.47 Å². The molecule has 1 N–H and O–H groups in total. The lowest BCUT2D eigenvalue weighted by molar-refractivity contribution is 0.341. The maximum Gasteiger partial charge on any atom is 0.262 e. The Balaban J connectivity index is 2.48. The first kappa shape index (κ1) is 23.0. The standard InChI is InChI=1S/C19H26N2O6S2/c1-5-21(6-2)29(24,25)17-12-13-19(27-7-3)18(14-17)20-28(22,23)16-10-8-15(26-4)9-11-16/h8-14,20H,5-7H2,1-4H3. The molecule has 160 valence electrons. The summed E-state index contributed by atoms with van der Waals surface area (Å²) in [6.07, 6.45) is 0. The number of ether oxygens (including phenoxy) is 2. The summed E-state index contributed by atoms with van der Waals surface area (Å²) in [7, 11) is -6.24. The number of methoxy groups -OCH3 is 1. The van der Waals surface area contributed by atoms with Gasteiger partial charge in [0.25, 0.3) is 10.0 Å². The first-order chi connectivity index (χ1) is 13.7. The largest absolute Gasteiger partial charge is 0.497 e. The van der Waals surface area contributed by atoms with E-state index in [4.69, 9.17) is 9.47 Å². The maximum absolute atomic E-state index is 12.8. The van der Waals surface area contributed by atoms with Gasteiger partial charge in [0.15, 0.2) is 0 Å². The Morgan fingerprint density at radius 2 is 1.48 bits per heavy atom. The molecule has 8 nitrogen and oxygen atoms in total. The van der Waals surface area contributed by atoms with E-state index >= 15 is 0 Å². The average Bonchev–Trinajstić information content (AvgIpc) is 2.70. The quantitative estimate of drug-likeness (QED) is 0.607. The molecule has 0 saturated carbocycles. The fourth-order valence-corrected chi connectivity index (χ4v) is 5.25. The van der Waals surface area contributed by atoms with Crippen molar-refractivity contribution in [1.29, 1.82) is 0 Å². The van der Waals surface area contributed by atoms with Gasteiger partial charge >= 0.3 is 0 Å². The predicted octanol–water partition coefficient (Wildman–Crippen LogP) is 2.93. The van der Waals surface area contributed by atoms with Gasteiger partial charge in [0, 0.05) is 13.1 Å². The molecule has 0 aliphatic rings. The summed E-state index contributed by atoms with van der Waals surface area (Å²) < 4.78 is 65.5. The molecular weight excluding hydrogens is 416 g/mol. The van der Waals surface area contributed by atoms with Gasteiger partial charge in [-0.2, -0.15) is 4.31 Å². The minimum absolute atomic E-state index is 0.0118. The van der Waals surface area contributed by atoms with Crippen LogP contribution in [0.15, 0.2) is 52.3 Å². The molecule has 0 heterocycles. The molecule has 2 aromatic carbocycles.